The van der Waals surface area contributed by atoms with Crippen LogP contribution >= 0.6 is 15.9 Å². The first-order valence-corrected chi connectivity index (χ1v) is 7.04. The van der Waals surface area contributed by atoms with Gasteiger partial charge in [0.05, 0.1) is 11.0 Å². The second kappa shape index (κ2) is 4.03. The Bertz CT molecular complexity index is 531. The molecule has 0 bridgehead atoms. The zero-order valence-corrected chi connectivity index (χ0v) is 12.2. The van der Waals surface area contributed by atoms with Gasteiger partial charge in [0, 0.05) is 12.0 Å². The van der Waals surface area contributed by atoms with Crippen molar-refractivity contribution in [1.29, 1.82) is 0 Å². The number of likely N-dealkylation sites (tertiary alicyclic amines) is 1. The zero-order chi connectivity index (χ0) is 12.9. The number of likely N-dealkylation sites (N-methyl/N-ethyl adjacent to an activating group) is 1. The molecule has 3 heterocycles. The Morgan fingerprint density at radius 1 is 1.56 bits per heavy atom. The van der Waals surface area contributed by atoms with Crippen LogP contribution in [0.4, 0.5) is 0 Å². The van der Waals surface area contributed by atoms with Crippen LogP contribution in [0.5, 0.6) is 0 Å². The summed E-state index contributed by atoms with van der Waals surface area (Å²) in [7, 11) is 2.11. The molecule has 1 fully saturated rings. The highest BCUT2D eigenvalue weighted by molar-refractivity contribution is 9.10. The monoisotopic (exact) mass is 310 g/mol. The predicted octanol–water partition coefficient (Wildman–Crippen LogP) is 1.17. The third-order valence-corrected chi connectivity index (χ3v) is 4.34. The summed E-state index contributed by atoms with van der Waals surface area (Å²) in [5, 5.41) is 3.19. The van der Waals surface area contributed by atoms with Crippen LogP contribution in [-0.4, -0.2) is 30.9 Å². The quantitative estimate of drug-likeness (QED) is 0.730. The maximum atomic E-state index is 12.2. The number of carbonyl (C=O) groups excluding carboxylic acids is 1. The van der Waals surface area contributed by atoms with Crippen molar-refractivity contribution in [3.8, 4) is 0 Å². The molecule has 2 aliphatic rings. The lowest BCUT2D eigenvalue weighted by molar-refractivity contribution is -0.764. The van der Waals surface area contributed by atoms with Gasteiger partial charge in [-0.05, 0) is 48.9 Å². The van der Waals surface area contributed by atoms with Crippen LogP contribution in [0.3, 0.4) is 0 Å². The molecule has 0 aromatic carbocycles. The minimum absolute atomic E-state index is 0.0512. The van der Waals surface area contributed by atoms with Gasteiger partial charge in [-0.1, -0.05) is 0 Å². The van der Waals surface area contributed by atoms with E-state index in [0.29, 0.717) is 0 Å². The van der Waals surface area contributed by atoms with Crippen molar-refractivity contribution in [2.24, 2.45) is 0 Å². The largest absolute Gasteiger partial charge is 0.321 e. The van der Waals surface area contributed by atoms with Crippen LogP contribution in [0.25, 0.3) is 0 Å². The highest BCUT2D eigenvalue weighted by atomic mass is 79.9. The van der Waals surface area contributed by atoms with E-state index in [1.54, 1.807) is 0 Å². The number of pyridine rings is 1. The third-order valence-electron chi connectivity index (χ3n) is 3.91. The van der Waals surface area contributed by atoms with Crippen molar-refractivity contribution in [3.05, 3.63) is 28.0 Å². The standard InChI is InChI=1S/C13H16BrN3O/c1-9-6-10(14)7-17-11(9)12(18)15-13(17)4-3-5-16(2)8-13/h6-7H,3-5,8H2,1-2H3/p+1. The molecule has 0 aliphatic carbocycles. The number of fused-ring (bicyclic) bond motifs is 2. The zero-order valence-electron chi connectivity index (χ0n) is 10.7. The minimum Gasteiger partial charge on any atom is -0.298 e. The number of piperidine rings is 1. The van der Waals surface area contributed by atoms with Crippen molar-refractivity contribution in [1.82, 2.24) is 10.2 Å². The maximum Gasteiger partial charge on any atom is 0.321 e. The summed E-state index contributed by atoms with van der Waals surface area (Å²) in [6.45, 7) is 3.95. The van der Waals surface area contributed by atoms with Gasteiger partial charge in [0.2, 0.25) is 0 Å². The van der Waals surface area contributed by atoms with Crippen molar-refractivity contribution >= 4 is 21.8 Å². The fourth-order valence-electron chi connectivity index (χ4n) is 3.19. The van der Waals surface area contributed by atoms with E-state index < -0.39 is 0 Å². The Morgan fingerprint density at radius 2 is 2.33 bits per heavy atom. The fraction of sp³-hybridized carbons (Fsp3) is 0.538. The molecule has 1 N–H and O–H groups in total. The molecule has 1 saturated heterocycles. The first-order chi connectivity index (χ1) is 8.52. The molecule has 18 heavy (non-hydrogen) atoms. The number of carbonyl (C=O) groups is 1. The number of rotatable bonds is 0. The fourth-order valence-corrected chi connectivity index (χ4v) is 3.74. The molecular weight excluding hydrogens is 294 g/mol. The number of nitrogens with one attached hydrogen (secondary N) is 1. The Hall–Kier alpha value is -0.940. The lowest BCUT2D eigenvalue weighted by atomic mass is 9.99. The van der Waals surface area contributed by atoms with E-state index >= 15 is 0 Å². The molecule has 5 heteroatoms. The molecule has 0 saturated carbocycles. The summed E-state index contributed by atoms with van der Waals surface area (Å²) >= 11 is 3.53. The van der Waals surface area contributed by atoms with Gasteiger partial charge in [0.15, 0.2) is 6.20 Å². The number of aryl methyl sites for hydroxylation is 1. The SMILES string of the molecule is Cc1cc(Br)c[n+]2c1C(=O)NC21CCCN(C)C1. The first kappa shape index (κ1) is 12.1. The van der Waals surface area contributed by atoms with E-state index in [1.165, 1.54) is 0 Å². The van der Waals surface area contributed by atoms with Crippen LogP contribution in [0, 0.1) is 6.92 Å². The smallest absolute Gasteiger partial charge is 0.298 e. The number of amides is 1. The topological polar surface area (TPSA) is 36.2 Å². The van der Waals surface area contributed by atoms with E-state index in [0.717, 1.165) is 41.7 Å². The molecule has 96 valence electrons. The van der Waals surface area contributed by atoms with Crippen LogP contribution in [0.2, 0.25) is 0 Å². The Kier molecular flexibility index (Phi) is 2.71. The first-order valence-electron chi connectivity index (χ1n) is 6.25. The van der Waals surface area contributed by atoms with Gasteiger partial charge < -0.3 is 0 Å². The van der Waals surface area contributed by atoms with Crippen LogP contribution < -0.4 is 9.88 Å². The molecule has 1 atom stereocenters. The number of aromatic nitrogens is 1. The van der Waals surface area contributed by atoms with Gasteiger partial charge in [-0.3, -0.25) is 15.0 Å². The van der Waals surface area contributed by atoms with Crippen molar-refractivity contribution in [3.63, 3.8) is 0 Å². The van der Waals surface area contributed by atoms with E-state index in [1.807, 2.05) is 19.2 Å². The summed E-state index contributed by atoms with van der Waals surface area (Å²) < 4.78 is 3.15. The summed E-state index contributed by atoms with van der Waals surface area (Å²) in [6, 6.07) is 2.00. The Balaban J connectivity index is 2.16. The molecule has 1 aromatic rings. The van der Waals surface area contributed by atoms with E-state index in [2.05, 4.69) is 37.8 Å². The number of nitrogens with zero attached hydrogens (tertiary/aromatic N) is 2. The molecule has 4 nitrogen and oxygen atoms in total. The Morgan fingerprint density at radius 3 is 3.06 bits per heavy atom. The second-order valence-corrected chi connectivity index (χ2v) is 6.30. The van der Waals surface area contributed by atoms with E-state index in [9.17, 15) is 4.79 Å². The van der Waals surface area contributed by atoms with Crippen LogP contribution in [0.15, 0.2) is 16.7 Å². The van der Waals surface area contributed by atoms with Gasteiger partial charge >= 0.3 is 5.91 Å². The average molecular weight is 311 g/mol. The Labute approximate surface area is 115 Å². The highest BCUT2D eigenvalue weighted by Crippen LogP contribution is 2.27. The summed E-state index contributed by atoms with van der Waals surface area (Å²) in [4.78, 5) is 14.5. The van der Waals surface area contributed by atoms with E-state index in [-0.39, 0.29) is 11.6 Å². The molecule has 3 rings (SSSR count). The maximum absolute atomic E-state index is 12.2. The van der Waals surface area contributed by atoms with Crippen molar-refractivity contribution < 1.29 is 9.36 Å². The normalized spacial score (nSPS) is 27.4. The predicted molar refractivity (Wildman–Crippen MR) is 71.2 cm³/mol. The third kappa shape index (κ3) is 1.68. The molecule has 1 amide bonds. The molecule has 1 spiro atoms. The van der Waals surface area contributed by atoms with Crippen LogP contribution in [-0.2, 0) is 5.66 Å². The number of hydrogen-bond acceptors (Lipinski definition) is 2. The van der Waals surface area contributed by atoms with Gasteiger partial charge in [-0.25, -0.2) is 0 Å². The average Bonchev–Trinajstić information content (AvgIpc) is 2.51. The van der Waals surface area contributed by atoms with Gasteiger partial charge in [0.25, 0.3) is 11.4 Å². The van der Waals surface area contributed by atoms with Gasteiger partial charge in [0.1, 0.15) is 0 Å². The number of halogens is 1. The molecule has 2 aliphatic heterocycles. The molecule has 1 aromatic heterocycles. The summed E-state index contributed by atoms with van der Waals surface area (Å²) in [5.41, 5.74) is 1.56. The molecular formula is C13H17BrN3O+. The summed E-state index contributed by atoms with van der Waals surface area (Å²) in [5.74, 6) is 0.0512. The molecule has 1 unspecified atom stereocenters. The molecule has 0 radical (unpaired) electrons. The van der Waals surface area contributed by atoms with Crippen molar-refractivity contribution in [2.45, 2.75) is 25.4 Å². The lowest BCUT2D eigenvalue weighted by Crippen LogP contribution is -2.66. The van der Waals surface area contributed by atoms with Crippen LogP contribution in [0.1, 0.15) is 28.9 Å². The second-order valence-electron chi connectivity index (χ2n) is 5.39. The minimum atomic E-state index is -0.256. The number of hydrogen-bond donors (Lipinski definition) is 1. The highest BCUT2D eigenvalue weighted by Gasteiger charge is 2.53. The van der Waals surface area contributed by atoms with Gasteiger partial charge in [-0.15, -0.1) is 0 Å². The van der Waals surface area contributed by atoms with E-state index in [4.69, 9.17) is 0 Å². The lowest BCUT2D eigenvalue weighted by Gasteiger charge is -2.33. The summed E-state index contributed by atoms with van der Waals surface area (Å²) in [6.07, 6.45) is 4.13. The van der Waals surface area contributed by atoms with Gasteiger partial charge in [-0.2, -0.15) is 4.57 Å². The van der Waals surface area contributed by atoms with Crippen molar-refractivity contribution in [2.75, 3.05) is 20.1 Å².